The number of nitrogens with zero attached hydrogens (tertiary/aromatic N) is 3. The molecule has 2 atom stereocenters. The number of amides is 1. The summed E-state index contributed by atoms with van der Waals surface area (Å²) in [7, 11) is 0. The summed E-state index contributed by atoms with van der Waals surface area (Å²) in [6, 6.07) is 3.41. The van der Waals surface area contributed by atoms with E-state index in [4.69, 9.17) is 16.3 Å². The molecule has 3 rings (SSSR count). The molecule has 0 bridgehead atoms. The van der Waals surface area contributed by atoms with E-state index < -0.39 is 0 Å². The van der Waals surface area contributed by atoms with Crippen LogP contribution in [0.1, 0.15) is 29.8 Å². The number of carbonyl (C=O) groups is 1. The highest BCUT2D eigenvalue weighted by Gasteiger charge is 2.38. The van der Waals surface area contributed by atoms with Gasteiger partial charge in [0.2, 0.25) is 0 Å². The van der Waals surface area contributed by atoms with Crippen molar-refractivity contribution >= 4 is 17.5 Å². The van der Waals surface area contributed by atoms with E-state index in [0.29, 0.717) is 24.0 Å². The maximum atomic E-state index is 12.4. The number of hydrogen-bond donors (Lipinski definition) is 0. The molecule has 2 unspecified atom stereocenters. The van der Waals surface area contributed by atoms with Gasteiger partial charge in [-0.3, -0.25) is 4.79 Å². The summed E-state index contributed by atoms with van der Waals surface area (Å²) in [5.41, 5.74) is 0.354. The SMILES string of the molecule is O=C(c1ccc(Cl)nn1)N1CCOC2CCCC21. The molecule has 2 heterocycles. The Bertz CT molecular complexity index is 451. The van der Waals surface area contributed by atoms with Gasteiger partial charge in [-0.05, 0) is 31.4 Å². The molecule has 1 aromatic heterocycles. The summed E-state index contributed by atoms with van der Waals surface area (Å²) < 4.78 is 5.69. The second-order valence-electron chi connectivity index (χ2n) is 4.65. The van der Waals surface area contributed by atoms with Gasteiger partial charge < -0.3 is 9.64 Å². The molecule has 0 spiro atoms. The molecule has 1 aliphatic heterocycles. The van der Waals surface area contributed by atoms with Crippen LogP contribution in [0.3, 0.4) is 0 Å². The van der Waals surface area contributed by atoms with Gasteiger partial charge in [0, 0.05) is 6.54 Å². The van der Waals surface area contributed by atoms with E-state index in [1.54, 1.807) is 12.1 Å². The fourth-order valence-corrected chi connectivity index (χ4v) is 2.86. The minimum absolute atomic E-state index is 0.0700. The Balaban J connectivity index is 1.81. The van der Waals surface area contributed by atoms with Crippen molar-refractivity contribution in [1.29, 1.82) is 0 Å². The Hall–Kier alpha value is -1.20. The fraction of sp³-hybridized carbons (Fsp3) is 0.583. The Morgan fingerprint density at radius 2 is 2.28 bits per heavy atom. The third-order valence-corrected chi connectivity index (χ3v) is 3.80. The smallest absolute Gasteiger partial charge is 0.274 e. The zero-order chi connectivity index (χ0) is 12.5. The van der Waals surface area contributed by atoms with Gasteiger partial charge in [0.15, 0.2) is 10.8 Å². The Morgan fingerprint density at radius 3 is 3.06 bits per heavy atom. The first kappa shape index (κ1) is 11.9. The monoisotopic (exact) mass is 267 g/mol. The van der Waals surface area contributed by atoms with Crippen LogP contribution in [0.5, 0.6) is 0 Å². The van der Waals surface area contributed by atoms with E-state index >= 15 is 0 Å². The molecule has 6 heteroatoms. The summed E-state index contributed by atoms with van der Waals surface area (Å²) in [4.78, 5) is 14.3. The van der Waals surface area contributed by atoms with Crippen molar-refractivity contribution in [1.82, 2.24) is 15.1 Å². The van der Waals surface area contributed by atoms with Crippen molar-refractivity contribution in [3.05, 3.63) is 23.0 Å². The average molecular weight is 268 g/mol. The molecular weight excluding hydrogens is 254 g/mol. The van der Waals surface area contributed by atoms with Crippen LogP contribution >= 0.6 is 11.6 Å². The zero-order valence-electron chi connectivity index (χ0n) is 9.88. The summed E-state index contributed by atoms with van der Waals surface area (Å²) >= 11 is 5.67. The van der Waals surface area contributed by atoms with Gasteiger partial charge >= 0.3 is 0 Å². The normalized spacial score (nSPS) is 27.1. The van der Waals surface area contributed by atoms with Crippen LogP contribution in [0.4, 0.5) is 0 Å². The third-order valence-electron chi connectivity index (χ3n) is 3.59. The first-order chi connectivity index (χ1) is 8.75. The molecule has 96 valence electrons. The average Bonchev–Trinajstić information content (AvgIpc) is 2.87. The zero-order valence-corrected chi connectivity index (χ0v) is 10.6. The van der Waals surface area contributed by atoms with Gasteiger partial charge in [0.1, 0.15) is 0 Å². The van der Waals surface area contributed by atoms with Crippen LogP contribution in [0, 0.1) is 0 Å². The lowest BCUT2D eigenvalue weighted by atomic mass is 10.1. The third kappa shape index (κ3) is 2.08. The lowest BCUT2D eigenvalue weighted by Crippen LogP contribution is -2.51. The number of carbonyl (C=O) groups excluding carboxylic acids is 1. The van der Waals surface area contributed by atoms with Crippen LogP contribution in [-0.4, -0.2) is 46.3 Å². The van der Waals surface area contributed by atoms with E-state index in [1.165, 1.54) is 0 Å². The van der Waals surface area contributed by atoms with Gasteiger partial charge in [-0.1, -0.05) is 11.6 Å². The first-order valence-corrected chi connectivity index (χ1v) is 6.55. The molecule has 18 heavy (non-hydrogen) atoms. The van der Waals surface area contributed by atoms with E-state index in [9.17, 15) is 4.79 Å². The molecule has 0 radical (unpaired) electrons. The maximum Gasteiger partial charge on any atom is 0.274 e. The summed E-state index contributed by atoms with van der Waals surface area (Å²) in [5.74, 6) is -0.0700. The highest BCUT2D eigenvalue weighted by Crippen LogP contribution is 2.30. The quantitative estimate of drug-likeness (QED) is 0.774. The second kappa shape index (κ2) is 4.82. The number of morpholine rings is 1. The molecule has 1 aromatic rings. The largest absolute Gasteiger partial charge is 0.374 e. The topological polar surface area (TPSA) is 55.3 Å². The number of aromatic nitrogens is 2. The van der Waals surface area contributed by atoms with Gasteiger partial charge in [-0.2, -0.15) is 0 Å². The van der Waals surface area contributed by atoms with E-state index in [0.717, 1.165) is 19.3 Å². The van der Waals surface area contributed by atoms with Crippen molar-refractivity contribution in [3.63, 3.8) is 0 Å². The van der Waals surface area contributed by atoms with Crippen LogP contribution < -0.4 is 0 Å². The van der Waals surface area contributed by atoms with E-state index in [-0.39, 0.29) is 18.1 Å². The van der Waals surface area contributed by atoms with Crippen molar-refractivity contribution in [2.75, 3.05) is 13.2 Å². The van der Waals surface area contributed by atoms with Crippen molar-refractivity contribution in [3.8, 4) is 0 Å². The Labute approximate surface area is 110 Å². The Kier molecular flexibility index (Phi) is 3.18. The van der Waals surface area contributed by atoms with Gasteiger partial charge in [-0.25, -0.2) is 0 Å². The van der Waals surface area contributed by atoms with Crippen LogP contribution in [-0.2, 0) is 4.74 Å². The molecule has 1 aliphatic carbocycles. The number of ether oxygens (including phenoxy) is 1. The minimum atomic E-state index is -0.0700. The molecule has 5 nitrogen and oxygen atoms in total. The lowest BCUT2D eigenvalue weighted by molar-refractivity contribution is -0.0447. The van der Waals surface area contributed by atoms with Crippen LogP contribution in [0.25, 0.3) is 0 Å². The molecule has 1 amide bonds. The van der Waals surface area contributed by atoms with E-state index in [1.807, 2.05) is 4.90 Å². The molecular formula is C12H14ClN3O2. The van der Waals surface area contributed by atoms with Crippen molar-refractivity contribution < 1.29 is 9.53 Å². The standard InChI is InChI=1S/C12H14ClN3O2/c13-11-5-4-8(14-15-11)12(17)16-6-7-18-10-3-1-2-9(10)16/h4-5,9-10H,1-3,6-7H2. The van der Waals surface area contributed by atoms with Crippen molar-refractivity contribution in [2.45, 2.75) is 31.4 Å². The maximum absolute atomic E-state index is 12.4. The van der Waals surface area contributed by atoms with Gasteiger partial charge in [0.25, 0.3) is 5.91 Å². The predicted octanol–water partition coefficient (Wildman–Crippen LogP) is 1.52. The van der Waals surface area contributed by atoms with Crippen LogP contribution in [0.15, 0.2) is 12.1 Å². The van der Waals surface area contributed by atoms with Gasteiger partial charge in [0.05, 0.1) is 18.8 Å². The van der Waals surface area contributed by atoms with E-state index in [2.05, 4.69) is 10.2 Å². The number of fused-ring (bicyclic) bond motifs is 1. The number of hydrogen-bond acceptors (Lipinski definition) is 4. The Morgan fingerprint density at radius 1 is 1.39 bits per heavy atom. The summed E-state index contributed by atoms with van der Waals surface area (Å²) in [6.07, 6.45) is 3.37. The number of rotatable bonds is 1. The highest BCUT2D eigenvalue weighted by molar-refractivity contribution is 6.29. The molecule has 2 fully saturated rings. The first-order valence-electron chi connectivity index (χ1n) is 6.17. The second-order valence-corrected chi connectivity index (χ2v) is 5.03. The van der Waals surface area contributed by atoms with Crippen LogP contribution in [0.2, 0.25) is 5.15 Å². The molecule has 1 saturated heterocycles. The molecule has 1 saturated carbocycles. The highest BCUT2D eigenvalue weighted by atomic mass is 35.5. The molecule has 2 aliphatic rings. The summed E-state index contributed by atoms with van der Waals surface area (Å²) in [5, 5.41) is 7.87. The minimum Gasteiger partial charge on any atom is -0.374 e. The molecule has 0 aromatic carbocycles. The number of halogens is 1. The lowest BCUT2D eigenvalue weighted by Gasteiger charge is -2.37. The van der Waals surface area contributed by atoms with Crippen molar-refractivity contribution in [2.24, 2.45) is 0 Å². The van der Waals surface area contributed by atoms with Gasteiger partial charge in [-0.15, -0.1) is 10.2 Å². The fourth-order valence-electron chi connectivity index (χ4n) is 2.75. The summed E-state index contributed by atoms with van der Waals surface area (Å²) in [6.45, 7) is 1.23. The molecule has 0 N–H and O–H groups in total. The predicted molar refractivity (Wildman–Crippen MR) is 65.5 cm³/mol.